The topological polar surface area (TPSA) is 32.3 Å². The van der Waals surface area contributed by atoms with Gasteiger partial charge in [0.25, 0.3) is 0 Å². The van der Waals surface area contributed by atoms with E-state index in [1.807, 2.05) is 0 Å². The molecule has 2 fully saturated rings. The lowest BCUT2D eigenvalue weighted by Crippen LogP contribution is -2.48. The molecule has 1 amide bonds. The van der Waals surface area contributed by atoms with Gasteiger partial charge in [0.2, 0.25) is 5.91 Å². The molecular formula is C13H24N2O. The molecule has 2 aliphatic rings. The number of hydrogen-bond donors (Lipinski definition) is 1. The minimum Gasteiger partial charge on any atom is -0.340 e. The van der Waals surface area contributed by atoms with Crippen molar-refractivity contribution >= 4 is 5.91 Å². The largest absolute Gasteiger partial charge is 0.340 e. The first-order chi connectivity index (χ1) is 7.74. The molecule has 1 saturated heterocycles. The molecule has 0 aromatic heterocycles. The number of carbonyl (C=O) groups is 1. The van der Waals surface area contributed by atoms with Crippen molar-refractivity contribution in [2.45, 2.75) is 45.6 Å². The fourth-order valence-electron chi connectivity index (χ4n) is 2.77. The summed E-state index contributed by atoms with van der Waals surface area (Å²) in [6, 6.07) is 0.486. The van der Waals surface area contributed by atoms with E-state index in [1.165, 1.54) is 12.8 Å². The van der Waals surface area contributed by atoms with Gasteiger partial charge in [0, 0.05) is 18.5 Å². The molecule has 3 heteroatoms. The number of rotatable bonds is 4. The summed E-state index contributed by atoms with van der Waals surface area (Å²) in [5.74, 6) is 1.34. The van der Waals surface area contributed by atoms with Gasteiger partial charge in [-0.15, -0.1) is 0 Å². The Morgan fingerprint density at radius 1 is 1.31 bits per heavy atom. The second-order valence-corrected chi connectivity index (χ2v) is 5.23. The van der Waals surface area contributed by atoms with Gasteiger partial charge in [-0.2, -0.15) is 0 Å². The first kappa shape index (κ1) is 11.9. The van der Waals surface area contributed by atoms with Crippen molar-refractivity contribution in [1.82, 2.24) is 10.2 Å². The number of piperidine rings is 1. The van der Waals surface area contributed by atoms with E-state index < -0.39 is 0 Å². The van der Waals surface area contributed by atoms with Gasteiger partial charge in [0.05, 0.1) is 0 Å². The lowest BCUT2D eigenvalue weighted by atomic mass is 9.99. The van der Waals surface area contributed by atoms with Crippen molar-refractivity contribution in [3.8, 4) is 0 Å². The van der Waals surface area contributed by atoms with Gasteiger partial charge in [-0.1, -0.05) is 6.92 Å². The van der Waals surface area contributed by atoms with Crippen LogP contribution in [-0.4, -0.2) is 36.5 Å². The quantitative estimate of drug-likeness (QED) is 0.787. The Balaban J connectivity index is 1.93. The molecule has 3 nitrogen and oxygen atoms in total. The Labute approximate surface area is 98.6 Å². The Bertz CT molecular complexity index is 244. The third-order valence-corrected chi connectivity index (χ3v) is 4.09. The number of nitrogens with zero attached hydrogens (tertiary/aromatic N) is 1. The van der Waals surface area contributed by atoms with E-state index in [-0.39, 0.29) is 5.92 Å². The average molecular weight is 224 g/mol. The number of carbonyl (C=O) groups excluding carboxylic acids is 1. The third-order valence-electron chi connectivity index (χ3n) is 4.09. The van der Waals surface area contributed by atoms with Crippen molar-refractivity contribution < 1.29 is 4.79 Å². The Kier molecular flexibility index (Phi) is 3.85. The van der Waals surface area contributed by atoms with Crippen LogP contribution >= 0.6 is 0 Å². The van der Waals surface area contributed by atoms with Crippen LogP contribution in [0.25, 0.3) is 0 Å². The van der Waals surface area contributed by atoms with Gasteiger partial charge in [-0.25, -0.2) is 0 Å². The molecule has 2 rings (SSSR count). The standard InChI is InChI=1S/C13H24N2O/c1-3-15(12-6-8-14-9-7-12)13(16)10(2)11-4-5-11/h10-12,14H,3-9H2,1-2H3. The maximum absolute atomic E-state index is 12.4. The first-order valence-corrected chi connectivity index (χ1v) is 6.75. The number of hydrogen-bond acceptors (Lipinski definition) is 2. The van der Waals surface area contributed by atoms with Crippen molar-refractivity contribution in [3.05, 3.63) is 0 Å². The van der Waals surface area contributed by atoms with Crippen LogP contribution in [-0.2, 0) is 4.79 Å². The van der Waals surface area contributed by atoms with Gasteiger partial charge >= 0.3 is 0 Å². The van der Waals surface area contributed by atoms with E-state index in [0.29, 0.717) is 17.9 Å². The van der Waals surface area contributed by atoms with E-state index in [9.17, 15) is 4.79 Å². The molecule has 92 valence electrons. The highest BCUT2D eigenvalue weighted by atomic mass is 16.2. The van der Waals surface area contributed by atoms with Crippen LogP contribution in [0.1, 0.15) is 39.5 Å². The zero-order chi connectivity index (χ0) is 11.5. The summed E-state index contributed by atoms with van der Waals surface area (Å²) in [6.07, 6.45) is 4.77. The molecule has 0 spiro atoms. The van der Waals surface area contributed by atoms with E-state index in [0.717, 1.165) is 32.5 Å². The summed E-state index contributed by atoms with van der Waals surface area (Å²) < 4.78 is 0. The maximum Gasteiger partial charge on any atom is 0.225 e. The van der Waals surface area contributed by atoms with Gasteiger partial charge in [-0.3, -0.25) is 4.79 Å². The highest BCUT2D eigenvalue weighted by molar-refractivity contribution is 5.79. The van der Waals surface area contributed by atoms with Crippen LogP contribution in [0.3, 0.4) is 0 Å². The molecule has 1 saturated carbocycles. The second-order valence-electron chi connectivity index (χ2n) is 5.23. The van der Waals surface area contributed by atoms with Crippen molar-refractivity contribution in [3.63, 3.8) is 0 Å². The van der Waals surface area contributed by atoms with Crippen LogP contribution < -0.4 is 5.32 Å². The zero-order valence-corrected chi connectivity index (χ0v) is 10.5. The molecule has 0 aromatic rings. The molecular weight excluding hydrogens is 200 g/mol. The van der Waals surface area contributed by atoms with E-state index in [1.54, 1.807) is 0 Å². The predicted molar refractivity (Wildman–Crippen MR) is 65.2 cm³/mol. The van der Waals surface area contributed by atoms with E-state index in [4.69, 9.17) is 0 Å². The molecule has 1 heterocycles. The van der Waals surface area contributed by atoms with Crippen LogP contribution in [0.4, 0.5) is 0 Å². The fourth-order valence-corrected chi connectivity index (χ4v) is 2.77. The van der Waals surface area contributed by atoms with Crippen molar-refractivity contribution in [2.24, 2.45) is 11.8 Å². The molecule has 16 heavy (non-hydrogen) atoms. The van der Waals surface area contributed by atoms with E-state index >= 15 is 0 Å². The van der Waals surface area contributed by atoms with Crippen molar-refractivity contribution in [2.75, 3.05) is 19.6 Å². The first-order valence-electron chi connectivity index (χ1n) is 6.75. The smallest absolute Gasteiger partial charge is 0.225 e. The fraction of sp³-hybridized carbons (Fsp3) is 0.923. The van der Waals surface area contributed by atoms with Gasteiger partial charge in [-0.05, 0) is 51.6 Å². The zero-order valence-electron chi connectivity index (χ0n) is 10.5. The summed E-state index contributed by atoms with van der Waals surface area (Å²) in [6.45, 7) is 7.22. The van der Waals surface area contributed by atoms with Crippen LogP contribution in [0.5, 0.6) is 0 Å². The molecule has 1 atom stereocenters. The van der Waals surface area contributed by atoms with Gasteiger partial charge < -0.3 is 10.2 Å². The lowest BCUT2D eigenvalue weighted by Gasteiger charge is -2.35. The molecule has 1 aliphatic carbocycles. The molecule has 1 aliphatic heterocycles. The SMILES string of the molecule is CCN(C(=O)C(C)C1CC1)C1CCNCC1. The Morgan fingerprint density at radius 2 is 1.94 bits per heavy atom. The van der Waals surface area contributed by atoms with Crippen LogP contribution in [0.15, 0.2) is 0 Å². The summed E-state index contributed by atoms with van der Waals surface area (Å²) in [5.41, 5.74) is 0. The second kappa shape index (κ2) is 5.17. The van der Waals surface area contributed by atoms with Crippen LogP contribution in [0, 0.1) is 11.8 Å². The molecule has 1 N–H and O–H groups in total. The predicted octanol–water partition coefficient (Wildman–Crippen LogP) is 1.63. The van der Waals surface area contributed by atoms with Gasteiger partial charge in [0.15, 0.2) is 0 Å². The normalized spacial score (nSPS) is 24.1. The lowest BCUT2D eigenvalue weighted by molar-refractivity contribution is -0.138. The van der Waals surface area contributed by atoms with Crippen molar-refractivity contribution in [1.29, 1.82) is 0 Å². The number of amides is 1. The third kappa shape index (κ3) is 2.57. The highest BCUT2D eigenvalue weighted by Crippen LogP contribution is 2.37. The summed E-state index contributed by atoms with van der Waals surface area (Å²) in [4.78, 5) is 14.5. The molecule has 0 radical (unpaired) electrons. The monoisotopic (exact) mass is 224 g/mol. The van der Waals surface area contributed by atoms with Crippen LogP contribution in [0.2, 0.25) is 0 Å². The molecule has 0 aromatic carbocycles. The maximum atomic E-state index is 12.4. The minimum absolute atomic E-state index is 0.259. The summed E-state index contributed by atoms with van der Waals surface area (Å²) in [7, 11) is 0. The number of nitrogens with one attached hydrogen (secondary N) is 1. The van der Waals surface area contributed by atoms with E-state index in [2.05, 4.69) is 24.1 Å². The Morgan fingerprint density at radius 3 is 2.44 bits per heavy atom. The highest BCUT2D eigenvalue weighted by Gasteiger charge is 2.36. The molecule has 1 unspecified atom stereocenters. The Hall–Kier alpha value is -0.570. The molecule has 0 bridgehead atoms. The van der Waals surface area contributed by atoms with Gasteiger partial charge in [0.1, 0.15) is 0 Å². The summed E-state index contributed by atoms with van der Waals surface area (Å²) >= 11 is 0. The average Bonchev–Trinajstić information content (AvgIpc) is 3.14. The summed E-state index contributed by atoms with van der Waals surface area (Å²) in [5, 5.41) is 3.36. The minimum atomic E-state index is 0.259.